The van der Waals surface area contributed by atoms with Crippen LogP contribution < -0.4 is 5.32 Å². The molecule has 1 aliphatic carbocycles. The molecule has 1 aromatic heterocycles. The molecule has 1 saturated carbocycles. The molecular weight excluding hydrogens is 297 g/mol. The summed E-state index contributed by atoms with van der Waals surface area (Å²) in [5.41, 5.74) is 0.895. The Morgan fingerprint density at radius 1 is 1.33 bits per heavy atom. The number of nitrogens with zero attached hydrogens (tertiary/aromatic N) is 1. The number of hydrogen-bond donors (Lipinski definition) is 1. The van der Waals surface area contributed by atoms with Gasteiger partial charge in [-0.05, 0) is 37.5 Å². The number of halogens is 3. The number of aromatic nitrogens is 1. The first kappa shape index (κ1) is 14.5. The number of thiazole rings is 1. The van der Waals surface area contributed by atoms with Gasteiger partial charge in [-0.3, -0.25) is 0 Å². The summed E-state index contributed by atoms with van der Waals surface area (Å²) in [6.07, 6.45) is -2.18. The van der Waals surface area contributed by atoms with E-state index in [1.165, 1.54) is 23.5 Å². The van der Waals surface area contributed by atoms with Crippen molar-refractivity contribution in [3.05, 3.63) is 51.5 Å². The molecule has 0 radical (unpaired) electrons. The molecule has 1 N–H and O–H groups in total. The lowest BCUT2D eigenvalue weighted by atomic mass is 10.0. The van der Waals surface area contributed by atoms with Gasteiger partial charge in [-0.25, -0.2) is 4.98 Å². The molecule has 3 rings (SSSR count). The van der Waals surface area contributed by atoms with E-state index in [1.807, 2.05) is 12.3 Å². The number of rotatable bonds is 4. The molecule has 0 bridgehead atoms. The molecular formula is C15H15F3N2S. The minimum absolute atomic E-state index is 0.265. The molecule has 2 aromatic rings. The second-order valence-electron chi connectivity index (χ2n) is 5.32. The first-order chi connectivity index (χ1) is 9.93. The standard InChI is InChI=1S/C15H15F3N2S/c1-9-8-21-14(19-9)13(20-12-5-6-12)10-3-2-4-11(7-10)15(16,17)18/h2-4,7-8,12-13,20H,5-6H2,1H3. The molecule has 1 aromatic carbocycles. The largest absolute Gasteiger partial charge is 0.416 e. The van der Waals surface area contributed by atoms with Crippen LogP contribution in [0.2, 0.25) is 0 Å². The van der Waals surface area contributed by atoms with Gasteiger partial charge in [0.25, 0.3) is 0 Å². The van der Waals surface area contributed by atoms with Crippen molar-refractivity contribution in [2.24, 2.45) is 0 Å². The van der Waals surface area contributed by atoms with E-state index in [4.69, 9.17) is 0 Å². The summed E-state index contributed by atoms with van der Waals surface area (Å²) in [7, 11) is 0. The maximum atomic E-state index is 12.9. The van der Waals surface area contributed by atoms with E-state index in [2.05, 4.69) is 10.3 Å². The van der Waals surface area contributed by atoms with Gasteiger partial charge < -0.3 is 5.32 Å². The molecule has 0 saturated heterocycles. The fourth-order valence-corrected chi connectivity index (χ4v) is 3.08. The molecule has 112 valence electrons. The summed E-state index contributed by atoms with van der Waals surface area (Å²) >= 11 is 1.48. The molecule has 2 nitrogen and oxygen atoms in total. The van der Waals surface area contributed by atoms with Gasteiger partial charge in [-0.1, -0.05) is 12.1 Å². The summed E-state index contributed by atoms with van der Waals surface area (Å²) in [5.74, 6) is 0. The van der Waals surface area contributed by atoms with Crippen LogP contribution in [0.1, 0.15) is 40.7 Å². The average molecular weight is 312 g/mol. The van der Waals surface area contributed by atoms with Gasteiger partial charge >= 0.3 is 6.18 Å². The lowest BCUT2D eigenvalue weighted by Gasteiger charge is -2.18. The second kappa shape index (κ2) is 5.42. The molecule has 1 heterocycles. The fraction of sp³-hybridized carbons (Fsp3) is 0.400. The molecule has 6 heteroatoms. The first-order valence-corrected chi connectivity index (χ1v) is 7.66. The number of alkyl halides is 3. The highest BCUT2D eigenvalue weighted by Crippen LogP contribution is 2.34. The van der Waals surface area contributed by atoms with E-state index in [0.717, 1.165) is 29.6 Å². The van der Waals surface area contributed by atoms with Crippen molar-refractivity contribution in [1.29, 1.82) is 0 Å². The average Bonchev–Trinajstić information content (AvgIpc) is 3.16. The van der Waals surface area contributed by atoms with E-state index >= 15 is 0 Å². The molecule has 21 heavy (non-hydrogen) atoms. The summed E-state index contributed by atoms with van der Waals surface area (Å²) in [6, 6.07) is 5.63. The lowest BCUT2D eigenvalue weighted by molar-refractivity contribution is -0.137. The van der Waals surface area contributed by atoms with Crippen LogP contribution in [0.3, 0.4) is 0 Å². The van der Waals surface area contributed by atoms with Crippen molar-refractivity contribution >= 4 is 11.3 Å². The number of nitrogens with one attached hydrogen (secondary N) is 1. The molecule has 0 aliphatic heterocycles. The van der Waals surface area contributed by atoms with Gasteiger partial charge in [-0.2, -0.15) is 13.2 Å². The predicted octanol–water partition coefficient (Wildman–Crippen LogP) is 4.31. The first-order valence-electron chi connectivity index (χ1n) is 6.79. The van der Waals surface area contributed by atoms with Crippen molar-refractivity contribution in [3.63, 3.8) is 0 Å². The lowest BCUT2D eigenvalue weighted by Crippen LogP contribution is -2.24. The van der Waals surface area contributed by atoms with Crippen molar-refractivity contribution in [2.45, 2.75) is 38.0 Å². The highest BCUT2D eigenvalue weighted by atomic mass is 32.1. The van der Waals surface area contributed by atoms with Gasteiger partial charge in [0.15, 0.2) is 0 Å². The number of aryl methyl sites for hydroxylation is 1. The van der Waals surface area contributed by atoms with Crippen molar-refractivity contribution in [2.75, 3.05) is 0 Å². The molecule has 0 amide bonds. The van der Waals surface area contributed by atoms with E-state index in [-0.39, 0.29) is 6.04 Å². The third-order valence-corrected chi connectivity index (χ3v) is 4.44. The Labute approximate surface area is 125 Å². The highest BCUT2D eigenvalue weighted by Gasteiger charge is 2.32. The zero-order valence-electron chi connectivity index (χ0n) is 11.4. The second-order valence-corrected chi connectivity index (χ2v) is 6.21. The summed E-state index contributed by atoms with van der Waals surface area (Å²) < 4.78 is 38.6. The zero-order chi connectivity index (χ0) is 15.0. The van der Waals surface area contributed by atoms with Crippen molar-refractivity contribution < 1.29 is 13.2 Å². The van der Waals surface area contributed by atoms with Crippen LogP contribution in [0.25, 0.3) is 0 Å². The monoisotopic (exact) mass is 312 g/mol. The van der Waals surface area contributed by atoms with Crippen LogP contribution in [0.15, 0.2) is 29.6 Å². The Morgan fingerprint density at radius 3 is 2.67 bits per heavy atom. The Morgan fingerprint density at radius 2 is 2.10 bits per heavy atom. The SMILES string of the molecule is Cc1csc(C(NC2CC2)c2cccc(C(F)(F)F)c2)n1. The predicted molar refractivity (Wildman–Crippen MR) is 76.3 cm³/mol. The quantitative estimate of drug-likeness (QED) is 0.910. The smallest absolute Gasteiger partial charge is 0.301 e. The number of hydrogen-bond acceptors (Lipinski definition) is 3. The Bertz CT molecular complexity index is 632. The summed E-state index contributed by atoms with van der Waals surface area (Å²) in [6.45, 7) is 1.89. The molecule has 0 spiro atoms. The van der Waals surface area contributed by atoms with Crippen molar-refractivity contribution in [3.8, 4) is 0 Å². The third kappa shape index (κ3) is 3.44. The van der Waals surface area contributed by atoms with Gasteiger partial charge in [0, 0.05) is 17.1 Å². The highest BCUT2D eigenvalue weighted by molar-refractivity contribution is 7.09. The molecule has 1 atom stereocenters. The minimum Gasteiger partial charge on any atom is -0.301 e. The van der Waals surface area contributed by atoms with Crippen LogP contribution in [0.5, 0.6) is 0 Å². The van der Waals surface area contributed by atoms with Gasteiger partial charge in [-0.15, -0.1) is 11.3 Å². The van der Waals surface area contributed by atoms with Gasteiger partial charge in [0.1, 0.15) is 5.01 Å². The summed E-state index contributed by atoms with van der Waals surface area (Å²) in [5, 5.41) is 6.14. The Balaban J connectivity index is 1.95. The van der Waals surface area contributed by atoms with E-state index in [0.29, 0.717) is 11.6 Å². The van der Waals surface area contributed by atoms with Crippen LogP contribution in [0.4, 0.5) is 13.2 Å². The number of benzene rings is 1. The van der Waals surface area contributed by atoms with E-state index in [9.17, 15) is 13.2 Å². The van der Waals surface area contributed by atoms with Gasteiger partial charge in [0.2, 0.25) is 0 Å². The molecule has 1 fully saturated rings. The normalized spacial score (nSPS) is 17.0. The van der Waals surface area contributed by atoms with E-state index in [1.54, 1.807) is 6.07 Å². The zero-order valence-corrected chi connectivity index (χ0v) is 12.3. The maximum absolute atomic E-state index is 12.9. The van der Waals surface area contributed by atoms with Gasteiger partial charge in [0.05, 0.1) is 11.6 Å². The van der Waals surface area contributed by atoms with Crippen LogP contribution >= 0.6 is 11.3 Å². The minimum atomic E-state index is -4.32. The van der Waals surface area contributed by atoms with Crippen LogP contribution in [0, 0.1) is 6.92 Å². The fourth-order valence-electron chi connectivity index (χ4n) is 2.20. The van der Waals surface area contributed by atoms with Crippen LogP contribution in [-0.4, -0.2) is 11.0 Å². The molecule has 1 unspecified atom stereocenters. The van der Waals surface area contributed by atoms with Crippen LogP contribution in [-0.2, 0) is 6.18 Å². The Kier molecular flexibility index (Phi) is 3.75. The Hall–Kier alpha value is -1.40. The van der Waals surface area contributed by atoms with Crippen molar-refractivity contribution in [1.82, 2.24) is 10.3 Å². The molecule has 1 aliphatic rings. The summed E-state index contributed by atoms with van der Waals surface area (Å²) in [4.78, 5) is 4.43. The van der Waals surface area contributed by atoms with E-state index < -0.39 is 11.7 Å². The topological polar surface area (TPSA) is 24.9 Å². The third-order valence-electron chi connectivity index (χ3n) is 3.41. The maximum Gasteiger partial charge on any atom is 0.416 e.